The first-order valence-corrected chi connectivity index (χ1v) is 11.1. The fraction of sp³-hybridized carbons (Fsp3) is 0.346. The lowest BCUT2D eigenvalue weighted by Gasteiger charge is -2.33. The van der Waals surface area contributed by atoms with E-state index in [0.29, 0.717) is 24.3 Å². The van der Waals surface area contributed by atoms with Gasteiger partial charge in [-0.1, -0.05) is 30.3 Å². The van der Waals surface area contributed by atoms with Crippen molar-refractivity contribution in [1.82, 2.24) is 9.88 Å². The molecule has 1 aromatic heterocycles. The van der Waals surface area contributed by atoms with Crippen LogP contribution in [0.1, 0.15) is 44.0 Å². The van der Waals surface area contributed by atoms with Crippen LogP contribution in [0.15, 0.2) is 54.6 Å². The van der Waals surface area contributed by atoms with Crippen LogP contribution in [0.2, 0.25) is 0 Å². The molecule has 7 nitrogen and oxygen atoms in total. The average Bonchev–Trinajstić information content (AvgIpc) is 2.77. The van der Waals surface area contributed by atoms with Gasteiger partial charge in [-0.25, -0.2) is 14.6 Å². The third kappa shape index (κ3) is 5.42. The molecule has 3 aromatic rings. The van der Waals surface area contributed by atoms with E-state index >= 15 is 0 Å². The zero-order valence-corrected chi connectivity index (χ0v) is 19.1. The molecule has 0 atom stereocenters. The number of ether oxygens (including phenoxy) is 2. The van der Waals surface area contributed by atoms with Crippen molar-refractivity contribution in [2.75, 3.05) is 13.1 Å². The lowest BCUT2D eigenvalue weighted by atomic mass is 10.1. The molecule has 1 aliphatic heterocycles. The maximum Gasteiger partial charge on any atom is 0.410 e. The molecule has 1 fully saturated rings. The van der Waals surface area contributed by atoms with Crippen molar-refractivity contribution in [3.63, 3.8) is 0 Å². The molecule has 0 aliphatic carbocycles. The number of carboxylic acid groups (broad SMARTS) is 1. The van der Waals surface area contributed by atoms with Crippen LogP contribution in [-0.2, 0) is 4.74 Å². The van der Waals surface area contributed by atoms with E-state index in [1.54, 1.807) is 17.0 Å². The van der Waals surface area contributed by atoms with Crippen LogP contribution in [0.3, 0.4) is 0 Å². The molecular weight excluding hydrogens is 420 g/mol. The van der Waals surface area contributed by atoms with Crippen molar-refractivity contribution >= 4 is 23.0 Å². The van der Waals surface area contributed by atoms with E-state index in [-0.39, 0.29) is 17.8 Å². The van der Waals surface area contributed by atoms with Gasteiger partial charge in [0.05, 0.1) is 16.8 Å². The number of hydrogen-bond acceptors (Lipinski definition) is 5. The van der Waals surface area contributed by atoms with Gasteiger partial charge < -0.3 is 19.5 Å². The lowest BCUT2D eigenvalue weighted by molar-refractivity contribution is 0.0126. The largest absolute Gasteiger partial charge is 0.490 e. The highest BCUT2D eigenvalue weighted by molar-refractivity contribution is 6.02. The van der Waals surface area contributed by atoms with Crippen molar-refractivity contribution in [2.45, 2.75) is 45.3 Å². The number of amides is 1. The highest BCUT2D eigenvalue weighted by Gasteiger charge is 2.27. The molecule has 172 valence electrons. The fourth-order valence-corrected chi connectivity index (χ4v) is 3.88. The van der Waals surface area contributed by atoms with Crippen molar-refractivity contribution < 1.29 is 24.2 Å². The molecule has 1 aliphatic rings. The first-order chi connectivity index (χ1) is 15.7. The van der Waals surface area contributed by atoms with Gasteiger partial charge in [0.1, 0.15) is 17.5 Å². The molecule has 1 amide bonds. The Kier molecular flexibility index (Phi) is 6.22. The minimum absolute atomic E-state index is 0.00196. The SMILES string of the molecule is CC(C)(C)OC(=O)N1CCC(Oc2cccc(-c3ccc4cccc(C(=O)O)c4n3)c2)CC1. The van der Waals surface area contributed by atoms with E-state index in [4.69, 9.17) is 9.47 Å². The second-order valence-electron chi connectivity index (χ2n) is 9.19. The quantitative estimate of drug-likeness (QED) is 0.577. The Morgan fingerprint density at radius 3 is 2.45 bits per heavy atom. The Morgan fingerprint density at radius 1 is 1.03 bits per heavy atom. The molecule has 0 radical (unpaired) electrons. The molecular formula is C26H28N2O5. The number of fused-ring (bicyclic) bond motifs is 1. The first kappa shape index (κ1) is 22.6. The zero-order chi connectivity index (χ0) is 23.6. The summed E-state index contributed by atoms with van der Waals surface area (Å²) in [6.07, 6.45) is 1.16. The lowest BCUT2D eigenvalue weighted by Crippen LogP contribution is -2.44. The maximum atomic E-state index is 12.3. The number of pyridine rings is 1. The van der Waals surface area contributed by atoms with Crippen LogP contribution >= 0.6 is 0 Å². The van der Waals surface area contributed by atoms with E-state index in [9.17, 15) is 14.7 Å². The summed E-state index contributed by atoms with van der Waals surface area (Å²) in [6, 6.07) is 16.5. The summed E-state index contributed by atoms with van der Waals surface area (Å²) >= 11 is 0. The fourth-order valence-electron chi connectivity index (χ4n) is 3.88. The molecule has 0 bridgehead atoms. The number of para-hydroxylation sites is 1. The van der Waals surface area contributed by atoms with Gasteiger partial charge in [0.2, 0.25) is 0 Å². The second-order valence-corrected chi connectivity index (χ2v) is 9.19. The molecule has 7 heteroatoms. The Labute approximate surface area is 193 Å². The number of piperidine rings is 1. The van der Waals surface area contributed by atoms with Crippen molar-refractivity contribution in [2.24, 2.45) is 0 Å². The Morgan fingerprint density at radius 2 is 1.76 bits per heavy atom. The highest BCUT2D eigenvalue weighted by atomic mass is 16.6. The second kappa shape index (κ2) is 9.10. The van der Waals surface area contributed by atoms with Crippen LogP contribution in [0.4, 0.5) is 4.79 Å². The molecule has 0 saturated carbocycles. The Balaban J connectivity index is 1.46. The Bertz CT molecular complexity index is 1180. The minimum atomic E-state index is -1.000. The minimum Gasteiger partial charge on any atom is -0.490 e. The third-order valence-electron chi connectivity index (χ3n) is 5.48. The van der Waals surface area contributed by atoms with E-state index in [2.05, 4.69) is 4.98 Å². The normalized spacial score (nSPS) is 14.8. The van der Waals surface area contributed by atoms with Gasteiger partial charge in [0.15, 0.2) is 0 Å². The number of aromatic nitrogens is 1. The highest BCUT2D eigenvalue weighted by Crippen LogP contribution is 2.28. The van der Waals surface area contributed by atoms with E-state index in [1.807, 2.05) is 63.2 Å². The standard InChI is InChI=1S/C26H28N2O5/c1-26(2,3)33-25(31)28-14-12-19(13-15-28)32-20-8-4-7-18(16-20)22-11-10-17-6-5-9-21(24(29)30)23(17)27-22/h4-11,16,19H,12-15H2,1-3H3,(H,29,30). The molecule has 2 aromatic carbocycles. The summed E-state index contributed by atoms with van der Waals surface area (Å²) in [5.74, 6) is -0.281. The molecule has 0 spiro atoms. The van der Waals surface area contributed by atoms with Crippen LogP contribution < -0.4 is 4.74 Å². The number of benzene rings is 2. The predicted octanol–water partition coefficient (Wildman–Crippen LogP) is 5.38. The average molecular weight is 449 g/mol. The first-order valence-electron chi connectivity index (χ1n) is 11.1. The van der Waals surface area contributed by atoms with Crippen molar-refractivity contribution in [3.8, 4) is 17.0 Å². The summed E-state index contributed by atoms with van der Waals surface area (Å²) in [4.78, 5) is 30.2. The van der Waals surface area contributed by atoms with Gasteiger partial charge in [-0.05, 0) is 45.0 Å². The topological polar surface area (TPSA) is 89.0 Å². The monoisotopic (exact) mass is 448 g/mol. The number of likely N-dealkylation sites (tertiary alicyclic amines) is 1. The molecule has 2 heterocycles. The van der Waals surface area contributed by atoms with Crippen LogP contribution in [-0.4, -0.2) is 51.8 Å². The number of aromatic carboxylic acids is 1. The maximum absolute atomic E-state index is 12.3. The number of carboxylic acids is 1. The molecule has 1 N–H and O–H groups in total. The number of carbonyl (C=O) groups excluding carboxylic acids is 1. The molecule has 33 heavy (non-hydrogen) atoms. The molecule has 4 rings (SSSR count). The molecule has 1 saturated heterocycles. The van der Waals surface area contributed by atoms with Crippen LogP contribution in [0, 0.1) is 0 Å². The van der Waals surface area contributed by atoms with E-state index in [0.717, 1.165) is 29.5 Å². The van der Waals surface area contributed by atoms with E-state index in [1.165, 1.54) is 0 Å². The Hall–Kier alpha value is -3.61. The summed E-state index contributed by atoms with van der Waals surface area (Å²) < 4.78 is 11.6. The zero-order valence-electron chi connectivity index (χ0n) is 19.1. The summed E-state index contributed by atoms with van der Waals surface area (Å²) in [5.41, 5.74) is 1.66. The van der Waals surface area contributed by atoms with Gasteiger partial charge in [-0.2, -0.15) is 0 Å². The number of hydrogen-bond donors (Lipinski definition) is 1. The number of rotatable bonds is 4. The smallest absolute Gasteiger partial charge is 0.410 e. The van der Waals surface area contributed by atoms with Crippen molar-refractivity contribution in [3.05, 3.63) is 60.2 Å². The summed E-state index contributed by atoms with van der Waals surface area (Å²) in [6.45, 7) is 6.76. The summed E-state index contributed by atoms with van der Waals surface area (Å²) in [7, 11) is 0. The van der Waals surface area contributed by atoms with Crippen LogP contribution in [0.5, 0.6) is 5.75 Å². The molecule has 0 unspecified atom stereocenters. The van der Waals surface area contributed by atoms with Crippen molar-refractivity contribution in [1.29, 1.82) is 0 Å². The third-order valence-corrected chi connectivity index (χ3v) is 5.48. The van der Waals surface area contributed by atoms with Gasteiger partial charge >= 0.3 is 12.1 Å². The van der Waals surface area contributed by atoms with Gasteiger partial charge in [0.25, 0.3) is 0 Å². The predicted molar refractivity (Wildman–Crippen MR) is 126 cm³/mol. The number of carbonyl (C=O) groups is 2. The van der Waals surface area contributed by atoms with Gasteiger partial charge in [0, 0.05) is 36.9 Å². The van der Waals surface area contributed by atoms with Crippen LogP contribution in [0.25, 0.3) is 22.2 Å². The van der Waals surface area contributed by atoms with Gasteiger partial charge in [-0.15, -0.1) is 0 Å². The summed E-state index contributed by atoms with van der Waals surface area (Å²) in [5, 5.41) is 10.3. The number of nitrogens with zero attached hydrogens (tertiary/aromatic N) is 2. The van der Waals surface area contributed by atoms with Gasteiger partial charge in [-0.3, -0.25) is 0 Å². The van der Waals surface area contributed by atoms with E-state index < -0.39 is 11.6 Å².